The molecule has 5 heteroatoms. The normalized spacial score (nSPS) is 33.4. The fraction of sp³-hybridized carbons (Fsp3) is 0.440. The molecule has 0 saturated heterocycles. The molecule has 2 N–H and O–H groups in total. The molecule has 30 heavy (non-hydrogen) atoms. The summed E-state index contributed by atoms with van der Waals surface area (Å²) >= 11 is 0. The van der Waals surface area contributed by atoms with E-state index in [1.165, 1.54) is 24.8 Å². The van der Waals surface area contributed by atoms with E-state index in [-0.39, 0.29) is 29.3 Å². The summed E-state index contributed by atoms with van der Waals surface area (Å²) < 4.78 is 5.43. The third kappa shape index (κ3) is 2.75. The molecule has 2 unspecified atom stereocenters. The van der Waals surface area contributed by atoms with Gasteiger partial charge in [-0.15, -0.1) is 0 Å². The second-order valence-corrected chi connectivity index (χ2v) is 9.89. The summed E-state index contributed by atoms with van der Waals surface area (Å²) in [6, 6.07) is 16.3. The lowest BCUT2D eigenvalue weighted by Crippen LogP contribution is -2.57. The van der Waals surface area contributed by atoms with Gasteiger partial charge < -0.3 is 15.4 Å². The Balaban J connectivity index is 1.29. The fourth-order valence-electron chi connectivity index (χ4n) is 7.08. The van der Waals surface area contributed by atoms with Crippen molar-refractivity contribution >= 4 is 23.2 Å². The molecule has 2 aromatic rings. The first-order valence-electron chi connectivity index (χ1n) is 11.0. The van der Waals surface area contributed by atoms with E-state index < -0.39 is 0 Å². The second kappa shape index (κ2) is 6.34. The standard InChI is InChI=1S/C25H26N2O3/c28-22-14-30-21-7-6-19(9-20(21)27-22)26-23(29)25-12-16-8-17(13-25)11-24(10-16,15-25)18-4-2-1-3-5-18/h1-7,9,16-17H,8,10-15H2,(H,26,29)(H,27,28)/t16-,17+,24?,25?. The first-order valence-corrected chi connectivity index (χ1v) is 11.0. The maximum Gasteiger partial charge on any atom is 0.262 e. The highest BCUT2D eigenvalue weighted by atomic mass is 16.5. The van der Waals surface area contributed by atoms with Crippen molar-refractivity contribution in [1.82, 2.24) is 0 Å². The molecule has 1 heterocycles. The molecular weight excluding hydrogens is 376 g/mol. The van der Waals surface area contributed by atoms with E-state index in [1.807, 2.05) is 12.1 Å². The largest absolute Gasteiger partial charge is 0.482 e. The number of fused-ring (bicyclic) bond motifs is 1. The Bertz CT molecular complexity index is 1020. The molecule has 0 spiro atoms. The van der Waals surface area contributed by atoms with E-state index in [1.54, 1.807) is 6.07 Å². The van der Waals surface area contributed by atoms with Gasteiger partial charge in [0.15, 0.2) is 6.61 Å². The molecule has 0 aromatic heterocycles. The Hall–Kier alpha value is -2.82. The topological polar surface area (TPSA) is 67.4 Å². The highest BCUT2D eigenvalue weighted by molar-refractivity contribution is 5.99. The lowest BCUT2D eigenvalue weighted by atomic mass is 9.42. The molecule has 154 valence electrons. The van der Waals surface area contributed by atoms with Crippen molar-refractivity contribution in [2.24, 2.45) is 17.3 Å². The molecule has 4 saturated carbocycles. The van der Waals surface area contributed by atoms with E-state index in [9.17, 15) is 9.59 Å². The van der Waals surface area contributed by atoms with E-state index in [0.29, 0.717) is 29.0 Å². The molecule has 0 radical (unpaired) electrons. The summed E-state index contributed by atoms with van der Waals surface area (Å²) in [5, 5.41) is 6.01. The van der Waals surface area contributed by atoms with Crippen molar-refractivity contribution in [2.45, 2.75) is 43.9 Å². The molecule has 4 aliphatic carbocycles. The van der Waals surface area contributed by atoms with Crippen molar-refractivity contribution in [1.29, 1.82) is 0 Å². The second-order valence-electron chi connectivity index (χ2n) is 9.89. The number of amides is 2. The van der Waals surface area contributed by atoms with E-state index in [2.05, 4.69) is 41.0 Å². The van der Waals surface area contributed by atoms with Crippen molar-refractivity contribution in [3.63, 3.8) is 0 Å². The summed E-state index contributed by atoms with van der Waals surface area (Å²) in [7, 11) is 0. The number of hydrogen-bond acceptors (Lipinski definition) is 3. The van der Waals surface area contributed by atoms with Crippen molar-refractivity contribution < 1.29 is 14.3 Å². The highest BCUT2D eigenvalue weighted by Crippen LogP contribution is 2.66. The van der Waals surface area contributed by atoms with Crippen LogP contribution in [0.2, 0.25) is 0 Å². The molecule has 4 fully saturated rings. The number of rotatable bonds is 3. The molecule has 4 atom stereocenters. The van der Waals surface area contributed by atoms with Crippen LogP contribution in [0, 0.1) is 17.3 Å². The number of ether oxygens (including phenoxy) is 1. The van der Waals surface area contributed by atoms with Gasteiger partial charge in [0, 0.05) is 5.69 Å². The molecule has 5 aliphatic rings. The van der Waals surface area contributed by atoms with Crippen LogP contribution in [-0.4, -0.2) is 18.4 Å². The Morgan fingerprint density at radius 1 is 1.03 bits per heavy atom. The van der Waals surface area contributed by atoms with Gasteiger partial charge >= 0.3 is 0 Å². The van der Waals surface area contributed by atoms with E-state index in [0.717, 1.165) is 19.3 Å². The number of carbonyl (C=O) groups is 2. The predicted octanol–water partition coefficient (Wildman–Crippen LogP) is 4.49. The van der Waals surface area contributed by atoms with Crippen LogP contribution in [-0.2, 0) is 15.0 Å². The Labute approximate surface area is 176 Å². The van der Waals surface area contributed by atoms with Gasteiger partial charge in [-0.25, -0.2) is 0 Å². The monoisotopic (exact) mass is 402 g/mol. The van der Waals surface area contributed by atoms with Gasteiger partial charge in [0.2, 0.25) is 5.91 Å². The number of nitrogens with one attached hydrogen (secondary N) is 2. The van der Waals surface area contributed by atoms with Gasteiger partial charge in [-0.1, -0.05) is 30.3 Å². The van der Waals surface area contributed by atoms with Gasteiger partial charge in [0.25, 0.3) is 5.91 Å². The Morgan fingerprint density at radius 3 is 2.57 bits per heavy atom. The van der Waals surface area contributed by atoms with Gasteiger partial charge in [0.05, 0.1) is 11.1 Å². The molecule has 2 amide bonds. The van der Waals surface area contributed by atoms with Crippen LogP contribution in [0.15, 0.2) is 48.5 Å². The van der Waals surface area contributed by atoms with Crippen LogP contribution in [0.5, 0.6) is 5.75 Å². The van der Waals surface area contributed by atoms with Crippen LogP contribution in [0.3, 0.4) is 0 Å². The van der Waals surface area contributed by atoms with Crippen LogP contribution < -0.4 is 15.4 Å². The van der Waals surface area contributed by atoms with Gasteiger partial charge in [-0.3, -0.25) is 9.59 Å². The third-order valence-corrected chi connectivity index (χ3v) is 7.80. The zero-order chi connectivity index (χ0) is 20.3. The lowest BCUT2D eigenvalue weighted by Gasteiger charge is -2.61. The summed E-state index contributed by atoms with van der Waals surface area (Å²) in [6.07, 6.45) is 6.62. The van der Waals surface area contributed by atoms with Crippen LogP contribution in [0.4, 0.5) is 11.4 Å². The summed E-state index contributed by atoms with van der Waals surface area (Å²) in [4.78, 5) is 25.3. The minimum atomic E-state index is -0.296. The van der Waals surface area contributed by atoms with Gasteiger partial charge in [-0.2, -0.15) is 0 Å². The Kier molecular flexibility index (Phi) is 3.80. The van der Waals surface area contributed by atoms with Gasteiger partial charge in [0.1, 0.15) is 5.75 Å². The van der Waals surface area contributed by atoms with Crippen molar-refractivity contribution in [3.8, 4) is 5.75 Å². The van der Waals surface area contributed by atoms with Crippen LogP contribution in [0.1, 0.15) is 44.1 Å². The smallest absolute Gasteiger partial charge is 0.262 e. The third-order valence-electron chi connectivity index (χ3n) is 7.80. The predicted molar refractivity (Wildman–Crippen MR) is 114 cm³/mol. The zero-order valence-electron chi connectivity index (χ0n) is 16.9. The molecule has 4 bridgehead atoms. The summed E-state index contributed by atoms with van der Waals surface area (Å²) in [6.45, 7) is 0.0339. The number of carbonyl (C=O) groups excluding carboxylic acids is 2. The first-order chi connectivity index (χ1) is 14.5. The van der Waals surface area contributed by atoms with E-state index >= 15 is 0 Å². The Morgan fingerprint density at radius 2 is 1.80 bits per heavy atom. The maximum absolute atomic E-state index is 13.6. The number of benzene rings is 2. The zero-order valence-corrected chi connectivity index (χ0v) is 16.9. The fourth-order valence-corrected chi connectivity index (χ4v) is 7.08. The number of hydrogen-bond donors (Lipinski definition) is 2. The summed E-state index contributed by atoms with van der Waals surface area (Å²) in [5.41, 5.74) is 2.59. The SMILES string of the molecule is O=C1COc2ccc(NC(=O)C34C[C@H]5C[C@@H](C3)CC(c3ccccc3)(C5)C4)cc2N1. The number of anilines is 2. The van der Waals surface area contributed by atoms with Crippen LogP contribution >= 0.6 is 0 Å². The van der Waals surface area contributed by atoms with Gasteiger partial charge in [-0.05, 0) is 79.5 Å². The molecular formula is C25H26N2O3. The highest BCUT2D eigenvalue weighted by Gasteiger charge is 2.60. The first kappa shape index (κ1) is 18.0. The quantitative estimate of drug-likeness (QED) is 0.795. The van der Waals surface area contributed by atoms with Crippen molar-refractivity contribution in [2.75, 3.05) is 17.2 Å². The van der Waals surface area contributed by atoms with Crippen LogP contribution in [0.25, 0.3) is 0 Å². The van der Waals surface area contributed by atoms with Crippen molar-refractivity contribution in [3.05, 3.63) is 54.1 Å². The average molecular weight is 402 g/mol. The molecule has 2 aromatic carbocycles. The minimum absolute atomic E-state index is 0.0339. The molecule has 7 rings (SSSR count). The molecule has 1 aliphatic heterocycles. The maximum atomic E-state index is 13.6. The molecule has 5 nitrogen and oxygen atoms in total. The summed E-state index contributed by atoms with van der Waals surface area (Å²) in [5.74, 6) is 1.88. The lowest BCUT2D eigenvalue weighted by molar-refractivity contribution is -0.143. The average Bonchev–Trinajstić information content (AvgIpc) is 2.73. The van der Waals surface area contributed by atoms with E-state index in [4.69, 9.17) is 4.74 Å². The minimum Gasteiger partial charge on any atom is -0.482 e.